The Kier molecular flexibility index (Phi) is 11.6. The molecular formula is C31H37N3O8S. The number of thioether (sulfide) groups is 1. The van der Waals surface area contributed by atoms with Crippen molar-refractivity contribution in [3.63, 3.8) is 0 Å². The van der Waals surface area contributed by atoms with Crippen LogP contribution in [0.5, 0.6) is 5.75 Å². The van der Waals surface area contributed by atoms with Gasteiger partial charge >= 0.3 is 11.9 Å². The third kappa shape index (κ3) is 8.57. The van der Waals surface area contributed by atoms with Crippen molar-refractivity contribution in [2.75, 3.05) is 33.9 Å². The van der Waals surface area contributed by atoms with Crippen LogP contribution in [0.25, 0.3) is 16.8 Å². The zero-order chi connectivity index (χ0) is 30.8. The fourth-order valence-corrected chi connectivity index (χ4v) is 6.10. The van der Waals surface area contributed by atoms with Crippen molar-refractivity contribution in [2.45, 2.75) is 44.6 Å². The molecule has 3 N–H and O–H groups in total. The Morgan fingerprint density at radius 2 is 1.74 bits per heavy atom. The van der Waals surface area contributed by atoms with E-state index in [9.17, 15) is 24.0 Å². The van der Waals surface area contributed by atoms with E-state index < -0.39 is 11.8 Å². The van der Waals surface area contributed by atoms with Gasteiger partial charge in [0, 0.05) is 24.4 Å². The molecule has 230 valence electrons. The summed E-state index contributed by atoms with van der Waals surface area (Å²) < 4.78 is 15.8. The van der Waals surface area contributed by atoms with E-state index >= 15 is 0 Å². The van der Waals surface area contributed by atoms with Gasteiger partial charge in [0.05, 0.1) is 37.6 Å². The van der Waals surface area contributed by atoms with E-state index in [-0.39, 0.29) is 35.0 Å². The second-order valence-corrected chi connectivity index (χ2v) is 11.4. The van der Waals surface area contributed by atoms with Crippen LogP contribution in [0.1, 0.15) is 44.1 Å². The summed E-state index contributed by atoms with van der Waals surface area (Å²) in [5.74, 6) is -1.14. The number of benzene rings is 2. The van der Waals surface area contributed by atoms with Crippen LogP contribution in [0.15, 0.2) is 41.3 Å². The molecule has 1 heterocycles. The molecule has 2 aromatic rings. The summed E-state index contributed by atoms with van der Waals surface area (Å²) in [7, 11) is 2.70. The van der Waals surface area contributed by atoms with Crippen LogP contribution in [-0.2, 0) is 28.7 Å². The lowest BCUT2D eigenvalue weighted by molar-refractivity contribution is -0.153. The minimum Gasteiger partial charge on any atom is -0.493 e. The Morgan fingerprint density at radius 1 is 0.977 bits per heavy atom. The largest absolute Gasteiger partial charge is 0.493 e. The van der Waals surface area contributed by atoms with Crippen molar-refractivity contribution < 1.29 is 38.2 Å². The van der Waals surface area contributed by atoms with Crippen LogP contribution in [0.4, 0.5) is 4.79 Å². The summed E-state index contributed by atoms with van der Waals surface area (Å²) in [5.41, 5.74) is 0.805. The van der Waals surface area contributed by atoms with Crippen LogP contribution in [0, 0.1) is 11.8 Å². The number of esters is 2. The predicted octanol–water partition coefficient (Wildman–Crippen LogP) is 3.55. The first-order valence-electron chi connectivity index (χ1n) is 14.4. The molecule has 0 aromatic heterocycles. The summed E-state index contributed by atoms with van der Waals surface area (Å²) >= 11 is 0.877. The number of hydrogen-bond donors (Lipinski definition) is 3. The van der Waals surface area contributed by atoms with Crippen LogP contribution in [0.2, 0.25) is 0 Å². The molecular weight excluding hydrogens is 574 g/mol. The van der Waals surface area contributed by atoms with Gasteiger partial charge in [-0.25, -0.2) is 0 Å². The number of rotatable bonds is 13. The third-order valence-electron chi connectivity index (χ3n) is 7.62. The van der Waals surface area contributed by atoms with E-state index in [1.54, 1.807) is 6.08 Å². The van der Waals surface area contributed by atoms with Crippen LogP contribution < -0.4 is 20.7 Å². The number of carbonyl (C=O) groups excluding carboxylic acids is 5. The van der Waals surface area contributed by atoms with Gasteiger partial charge in [0.2, 0.25) is 5.91 Å². The van der Waals surface area contributed by atoms with E-state index in [1.807, 2.05) is 36.4 Å². The van der Waals surface area contributed by atoms with Gasteiger partial charge in [0.15, 0.2) is 0 Å². The number of fused-ring (bicyclic) bond motifs is 1. The molecule has 1 aliphatic heterocycles. The van der Waals surface area contributed by atoms with Crippen molar-refractivity contribution in [3.8, 4) is 5.75 Å². The second-order valence-electron chi connectivity index (χ2n) is 10.4. The molecule has 12 heteroatoms. The summed E-state index contributed by atoms with van der Waals surface area (Å²) in [4.78, 5) is 60.4. The smallest absolute Gasteiger partial charge is 0.310 e. The molecule has 2 aliphatic rings. The molecule has 0 bridgehead atoms. The highest BCUT2D eigenvalue weighted by Crippen LogP contribution is 2.33. The van der Waals surface area contributed by atoms with Gasteiger partial charge in [0.25, 0.3) is 11.1 Å². The number of nitrogens with one attached hydrogen (secondary N) is 3. The van der Waals surface area contributed by atoms with Crippen LogP contribution >= 0.6 is 11.8 Å². The van der Waals surface area contributed by atoms with E-state index in [1.165, 1.54) is 14.2 Å². The summed E-state index contributed by atoms with van der Waals surface area (Å²) in [6.07, 6.45) is 4.95. The predicted molar refractivity (Wildman–Crippen MR) is 162 cm³/mol. The first kappa shape index (κ1) is 32.0. The molecule has 1 saturated carbocycles. The maximum atomic E-state index is 12.3. The summed E-state index contributed by atoms with van der Waals surface area (Å²) in [6.45, 7) is 1.47. The molecule has 0 radical (unpaired) electrons. The maximum Gasteiger partial charge on any atom is 0.310 e. The normalized spacial score (nSPS) is 21.0. The highest BCUT2D eigenvalue weighted by molar-refractivity contribution is 8.18. The zero-order valence-electron chi connectivity index (χ0n) is 24.3. The van der Waals surface area contributed by atoms with Gasteiger partial charge in [0.1, 0.15) is 5.75 Å². The van der Waals surface area contributed by atoms with Crippen molar-refractivity contribution in [1.29, 1.82) is 0 Å². The molecule has 3 unspecified atom stereocenters. The molecule has 2 fully saturated rings. The Hall–Kier alpha value is -3.90. The topological polar surface area (TPSA) is 149 Å². The minimum absolute atomic E-state index is 0.0664. The number of methoxy groups -OCH3 is 2. The fourth-order valence-electron chi connectivity index (χ4n) is 5.42. The highest BCUT2D eigenvalue weighted by Gasteiger charge is 2.38. The Morgan fingerprint density at radius 3 is 2.47 bits per heavy atom. The first-order chi connectivity index (χ1) is 20.8. The highest BCUT2D eigenvalue weighted by atomic mass is 32.2. The van der Waals surface area contributed by atoms with Crippen LogP contribution in [-0.4, -0.2) is 69.0 Å². The number of carbonyl (C=O) groups is 5. The van der Waals surface area contributed by atoms with Gasteiger partial charge in [-0.2, -0.15) is 0 Å². The SMILES string of the molecule is COC(=O)C1CCC(NCCCNC(=O)CCCOc2ccc(C=C3SC(=O)NC3=O)c3ccccc23)C(C(=O)OC)C1. The monoisotopic (exact) mass is 611 g/mol. The second kappa shape index (κ2) is 15.5. The van der Waals surface area contributed by atoms with E-state index in [0.717, 1.165) is 28.1 Å². The number of hydrogen-bond acceptors (Lipinski definition) is 10. The summed E-state index contributed by atoms with van der Waals surface area (Å²) in [6, 6.07) is 11.2. The number of ether oxygens (including phenoxy) is 3. The molecule has 1 saturated heterocycles. The van der Waals surface area contributed by atoms with Crippen LogP contribution in [0.3, 0.4) is 0 Å². The first-order valence-corrected chi connectivity index (χ1v) is 15.2. The molecule has 43 heavy (non-hydrogen) atoms. The molecule has 0 spiro atoms. The molecule has 1 aliphatic carbocycles. The Balaban J connectivity index is 1.17. The fraction of sp³-hybridized carbons (Fsp3) is 0.452. The molecule has 11 nitrogen and oxygen atoms in total. The molecule has 3 amide bonds. The lowest BCUT2D eigenvalue weighted by Gasteiger charge is -2.34. The molecule has 4 rings (SSSR count). The quantitative estimate of drug-likeness (QED) is 0.174. The summed E-state index contributed by atoms with van der Waals surface area (Å²) in [5, 5.41) is 9.95. The number of amides is 3. The maximum absolute atomic E-state index is 12.3. The lowest BCUT2D eigenvalue weighted by Crippen LogP contribution is -2.46. The molecule has 2 aromatic carbocycles. The van der Waals surface area contributed by atoms with E-state index in [0.29, 0.717) is 68.9 Å². The Labute approximate surface area is 254 Å². The van der Waals surface area contributed by atoms with Gasteiger partial charge in [-0.15, -0.1) is 0 Å². The van der Waals surface area contributed by atoms with E-state index in [4.69, 9.17) is 14.2 Å². The number of imide groups is 1. The van der Waals surface area contributed by atoms with Crippen molar-refractivity contribution in [1.82, 2.24) is 16.0 Å². The van der Waals surface area contributed by atoms with Gasteiger partial charge in [-0.1, -0.05) is 30.3 Å². The lowest BCUT2D eigenvalue weighted by atomic mass is 9.78. The molecule has 3 atom stereocenters. The Bertz CT molecular complexity index is 1390. The van der Waals surface area contributed by atoms with Crippen molar-refractivity contribution in [2.24, 2.45) is 11.8 Å². The minimum atomic E-state index is -0.416. The standard InChI is InChI=1S/C31H37N3O8S/c1-40-29(37)20-10-12-24(23(17-20)30(38)41-2)32-14-6-15-33-27(35)9-5-16-42-25-13-11-19(21-7-3-4-8-22(21)25)18-26-28(36)34-31(39)43-26/h3-4,7-8,11,13,18,20,23-24,32H,5-6,9-10,12,14-17H2,1-2H3,(H,33,35)(H,34,36,39). The average molecular weight is 612 g/mol. The zero-order valence-corrected chi connectivity index (χ0v) is 25.1. The van der Waals surface area contributed by atoms with Crippen molar-refractivity contribution >= 4 is 57.6 Å². The average Bonchev–Trinajstić information content (AvgIpc) is 3.34. The van der Waals surface area contributed by atoms with Gasteiger partial charge in [-0.3, -0.25) is 29.3 Å². The van der Waals surface area contributed by atoms with E-state index in [2.05, 4.69) is 16.0 Å². The van der Waals surface area contributed by atoms with Gasteiger partial charge in [-0.05, 0) is 73.5 Å². The van der Waals surface area contributed by atoms with Gasteiger partial charge < -0.3 is 24.8 Å². The van der Waals surface area contributed by atoms with Crippen molar-refractivity contribution in [3.05, 3.63) is 46.9 Å². The third-order valence-corrected chi connectivity index (χ3v) is 8.43.